The van der Waals surface area contributed by atoms with E-state index in [0.29, 0.717) is 12.5 Å². The van der Waals surface area contributed by atoms with E-state index in [0.717, 1.165) is 19.4 Å². The molecular weight excluding hydrogens is 243 g/mol. The van der Waals surface area contributed by atoms with E-state index in [1.54, 1.807) is 0 Å². The fourth-order valence-corrected chi connectivity index (χ4v) is 1.89. The molecule has 1 atom stereocenters. The van der Waals surface area contributed by atoms with Gasteiger partial charge in [0, 0.05) is 12.0 Å². The Bertz CT molecular complexity index is 219. The SMILES string of the molecule is CCCC(C)(CNCC(C)C)COCC(F)(F)F. The molecule has 0 aromatic rings. The molecule has 1 unspecified atom stereocenters. The molecule has 0 spiro atoms. The van der Waals surface area contributed by atoms with Gasteiger partial charge in [-0.3, -0.25) is 0 Å². The van der Waals surface area contributed by atoms with E-state index in [-0.39, 0.29) is 12.0 Å². The third-order valence-electron chi connectivity index (χ3n) is 2.67. The average Bonchev–Trinajstić information content (AvgIpc) is 2.14. The summed E-state index contributed by atoms with van der Waals surface area (Å²) >= 11 is 0. The maximum Gasteiger partial charge on any atom is 0.411 e. The second kappa shape index (κ2) is 8.00. The summed E-state index contributed by atoms with van der Waals surface area (Å²) < 4.78 is 40.9. The van der Waals surface area contributed by atoms with Gasteiger partial charge in [-0.15, -0.1) is 0 Å². The quantitative estimate of drug-likeness (QED) is 0.690. The number of alkyl halides is 3. The van der Waals surface area contributed by atoms with Crippen LogP contribution in [0.1, 0.15) is 40.5 Å². The van der Waals surface area contributed by atoms with Crippen LogP contribution in [0.3, 0.4) is 0 Å². The minimum absolute atomic E-state index is 0.144. The Balaban J connectivity index is 4.08. The van der Waals surface area contributed by atoms with Gasteiger partial charge in [-0.05, 0) is 18.9 Å². The summed E-state index contributed by atoms with van der Waals surface area (Å²) in [7, 11) is 0. The van der Waals surface area contributed by atoms with Crippen LogP contribution in [-0.2, 0) is 4.74 Å². The van der Waals surface area contributed by atoms with Gasteiger partial charge in [0.15, 0.2) is 0 Å². The lowest BCUT2D eigenvalue weighted by Crippen LogP contribution is -2.38. The van der Waals surface area contributed by atoms with Gasteiger partial charge in [0.2, 0.25) is 0 Å². The summed E-state index contributed by atoms with van der Waals surface area (Å²) in [6.07, 6.45) is -2.44. The third-order valence-corrected chi connectivity index (χ3v) is 2.67. The van der Waals surface area contributed by atoms with Crippen molar-refractivity contribution in [2.45, 2.75) is 46.7 Å². The number of halogens is 3. The van der Waals surface area contributed by atoms with Crippen LogP contribution in [-0.4, -0.2) is 32.5 Å². The maximum atomic E-state index is 12.0. The molecule has 0 aromatic heterocycles. The van der Waals surface area contributed by atoms with Crippen molar-refractivity contribution in [3.05, 3.63) is 0 Å². The van der Waals surface area contributed by atoms with E-state index in [2.05, 4.69) is 19.2 Å². The Labute approximate surface area is 108 Å². The van der Waals surface area contributed by atoms with Crippen LogP contribution in [0.25, 0.3) is 0 Å². The zero-order valence-corrected chi connectivity index (χ0v) is 11.9. The summed E-state index contributed by atoms with van der Waals surface area (Å²) in [4.78, 5) is 0. The normalized spacial score (nSPS) is 16.0. The second-order valence-electron chi connectivity index (χ2n) is 5.69. The summed E-state index contributed by atoms with van der Waals surface area (Å²) in [5.74, 6) is 0.534. The lowest BCUT2D eigenvalue weighted by atomic mass is 9.86. The topological polar surface area (TPSA) is 21.3 Å². The van der Waals surface area contributed by atoms with Crippen molar-refractivity contribution in [3.8, 4) is 0 Å². The zero-order valence-electron chi connectivity index (χ0n) is 11.9. The minimum atomic E-state index is -4.24. The lowest BCUT2D eigenvalue weighted by molar-refractivity contribution is -0.180. The first-order valence-electron chi connectivity index (χ1n) is 6.54. The number of nitrogens with one attached hydrogen (secondary N) is 1. The van der Waals surface area contributed by atoms with E-state index in [4.69, 9.17) is 4.74 Å². The molecule has 18 heavy (non-hydrogen) atoms. The van der Waals surface area contributed by atoms with Gasteiger partial charge >= 0.3 is 6.18 Å². The van der Waals surface area contributed by atoms with E-state index in [9.17, 15) is 13.2 Å². The van der Waals surface area contributed by atoms with Gasteiger partial charge in [0.05, 0.1) is 6.61 Å². The van der Waals surface area contributed by atoms with Gasteiger partial charge in [-0.1, -0.05) is 34.1 Å². The molecule has 0 aliphatic heterocycles. The van der Waals surface area contributed by atoms with Crippen LogP contribution in [0.5, 0.6) is 0 Å². The summed E-state index contributed by atoms with van der Waals surface area (Å²) in [6, 6.07) is 0. The van der Waals surface area contributed by atoms with Crippen molar-refractivity contribution in [2.75, 3.05) is 26.3 Å². The average molecular weight is 269 g/mol. The van der Waals surface area contributed by atoms with Gasteiger partial charge in [-0.2, -0.15) is 13.2 Å². The molecule has 0 rings (SSSR count). The molecule has 2 nitrogen and oxygen atoms in total. The van der Waals surface area contributed by atoms with Crippen LogP contribution >= 0.6 is 0 Å². The molecule has 0 aliphatic rings. The van der Waals surface area contributed by atoms with Gasteiger partial charge in [-0.25, -0.2) is 0 Å². The van der Waals surface area contributed by atoms with Crippen molar-refractivity contribution in [1.82, 2.24) is 5.32 Å². The van der Waals surface area contributed by atoms with E-state index in [1.165, 1.54) is 0 Å². The first kappa shape index (κ1) is 17.7. The molecule has 0 saturated carbocycles. The minimum Gasteiger partial charge on any atom is -0.371 e. The summed E-state index contributed by atoms with van der Waals surface area (Å²) in [6.45, 7) is 8.76. The molecule has 0 bridgehead atoms. The zero-order chi connectivity index (χ0) is 14.2. The van der Waals surface area contributed by atoms with Crippen LogP contribution in [0.15, 0.2) is 0 Å². The highest BCUT2D eigenvalue weighted by Gasteiger charge is 2.30. The highest BCUT2D eigenvalue weighted by Crippen LogP contribution is 2.24. The van der Waals surface area contributed by atoms with Crippen molar-refractivity contribution < 1.29 is 17.9 Å². The molecule has 0 fully saturated rings. The lowest BCUT2D eigenvalue weighted by Gasteiger charge is -2.30. The molecule has 0 heterocycles. The highest BCUT2D eigenvalue weighted by atomic mass is 19.4. The molecule has 5 heteroatoms. The van der Waals surface area contributed by atoms with E-state index < -0.39 is 12.8 Å². The predicted molar refractivity (Wildman–Crippen MR) is 67.6 cm³/mol. The summed E-state index contributed by atoms with van der Waals surface area (Å²) in [5.41, 5.74) is -0.227. The third kappa shape index (κ3) is 9.71. The predicted octanol–water partition coefficient (Wildman–Crippen LogP) is 3.62. The van der Waals surface area contributed by atoms with Crippen LogP contribution in [0, 0.1) is 11.3 Å². The van der Waals surface area contributed by atoms with Gasteiger partial charge < -0.3 is 10.1 Å². The van der Waals surface area contributed by atoms with Crippen molar-refractivity contribution >= 4 is 0 Å². The maximum absolute atomic E-state index is 12.0. The first-order valence-corrected chi connectivity index (χ1v) is 6.54. The van der Waals surface area contributed by atoms with Crippen molar-refractivity contribution in [2.24, 2.45) is 11.3 Å². The molecule has 0 aliphatic carbocycles. The molecular formula is C13H26F3NO. The van der Waals surface area contributed by atoms with Crippen molar-refractivity contribution in [1.29, 1.82) is 0 Å². The van der Waals surface area contributed by atoms with Crippen LogP contribution in [0.4, 0.5) is 13.2 Å². The largest absolute Gasteiger partial charge is 0.411 e. The molecule has 0 radical (unpaired) electrons. The molecule has 0 amide bonds. The standard InChI is InChI=1S/C13H26F3NO/c1-5-6-12(4,8-17-7-11(2)3)9-18-10-13(14,15)16/h11,17H,5-10H2,1-4H3. The number of hydrogen-bond donors (Lipinski definition) is 1. The fraction of sp³-hybridized carbons (Fsp3) is 1.00. The smallest absolute Gasteiger partial charge is 0.371 e. The van der Waals surface area contributed by atoms with E-state index in [1.807, 2.05) is 13.8 Å². The highest BCUT2D eigenvalue weighted by molar-refractivity contribution is 4.76. The second-order valence-corrected chi connectivity index (χ2v) is 5.69. The Kier molecular flexibility index (Phi) is 7.87. The monoisotopic (exact) mass is 269 g/mol. The number of rotatable bonds is 9. The van der Waals surface area contributed by atoms with Crippen molar-refractivity contribution in [3.63, 3.8) is 0 Å². The first-order chi connectivity index (χ1) is 8.18. The Morgan fingerprint density at radius 3 is 2.22 bits per heavy atom. The van der Waals surface area contributed by atoms with Crippen LogP contribution in [0.2, 0.25) is 0 Å². The van der Waals surface area contributed by atoms with Gasteiger partial charge in [0.25, 0.3) is 0 Å². The Hall–Kier alpha value is -0.290. The molecule has 0 aromatic carbocycles. The number of ether oxygens (including phenoxy) is 1. The molecule has 110 valence electrons. The molecule has 1 N–H and O–H groups in total. The van der Waals surface area contributed by atoms with Crippen LogP contribution < -0.4 is 5.32 Å². The Morgan fingerprint density at radius 2 is 1.78 bits per heavy atom. The Morgan fingerprint density at radius 1 is 1.17 bits per heavy atom. The van der Waals surface area contributed by atoms with E-state index >= 15 is 0 Å². The summed E-state index contributed by atoms with van der Waals surface area (Å²) in [5, 5.41) is 3.30. The number of hydrogen-bond acceptors (Lipinski definition) is 2. The molecule has 0 saturated heterocycles. The van der Waals surface area contributed by atoms with Gasteiger partial charge in [0.1, 0.15) is 6.61 Å². The fourth-order valence-electron chi connectivity index (χ4n) is 1.89.